The molecule has 0 aliphatic rings. The van der Waals surface area contributed by atoms with Gasteiger partial charge in [-0.2, -0.15) is 13.2 Å². The van der Waals surface area contributed by atoms with Crippen molar-refractivity contribution in [3.05, 3.63) is 52.7 Å². The fourth-order valence-corrected chi connectivity index (χ4v) is 1.99. The summed E-state index contributed by atoms with van der Waals surface area (Å²) in [5.41, 5.74) is -0.270. The van der Waals surface area contributed by atoms with Gasteiger partial charge in [-0.1, -0.05) is 11.6 Å². The fraction of sp³-hybridized carbons (Fsp3) is 0.200. The Kier molecular flexibility index (Phi) is 4.79. The number of nitrogens with one attached hydrogen (secondary N) is 1. The number of benzene rings is 1. The lowest BCUT2D eigenvalue weighted by atomic mass is 10.2. The normalized spacial score (nSPS) is 11.2. The zero-order valence-corrected chi connectivity index (χ0v) is 13.0. The highest BCUT2D eigenvalue weighted by Gasteiger charge is 2.30. The van der Waals surface area contributed by atoms with E-state index in [0.717, 1.165) is 12.1 Å². The Hall–Kier alpha value is -2.28. The van der Waals surface area contributed by atoms with Crippen molar-refractivity contribution >= 4 is 29.0 Å². The lowest BCUT2D eigenvalue weighted by molar-refractivity contribution is -0.137. The first-order chi connectivity index (χ1) is 10.7. The molecule has 8 heteroatoms. The number of halogens is 4. The van der Waals surface area contributed by atoms with Gasteiger partial charge in [0.1, 0.15) is 11.0 Å². The van der Waals surface area contributed by atoms with Crippen LogP contribution in [0.3, 0.4) is 0 Å². The fourth-order valence-electron chi connectivity index (χ4n) is 1.79. The van der Waals surface area contributed by atoms with Crippen molar-refractivity contribution in [3.63, 3.8) is 0 Å². The first-order valence-electron chi connectivity index (χ1n) is 6.50. The Balaban J connectivity index is 2.19. The lowest BCUT2D eigenvalue weighted by Gasteiger charge is -2.13. The second-order valence-electron chi connectivity index (χ2n) is 4.96. The van der Waals surface area contributed by atoms with E-state index < -0.39 is 17.6 Å². The molecule has 4 nitrogen and oxygen atoms in total. The molecule has 1 N–H and O–H groups in total. The van der Waals surface area contributed by atoms with Crippen molar-refractivity contribution in [3.8, 4) is 0 Å². The molecular formula is C15H13ClF3N3O. The molecule has 122 valence electrons. The van der Waals surface area contributed by atoms with Gasteiger partial charge >= 0.3 is 6.18 Å². The highest BCUT2D eigenvalue weighted by atomic mass is 35.5. The van der Waals surface area contributed by atoms with Crippen LogP contribution in [-0.4, -0.2) is 25.0 Å². The molecule has 0 aliphatic carbocycles. The Morgan fingerprint density at radius 2 is 1.78 bits per heavy atom. The highest BCUT2D eigenvalue weighted by molar-refractivity contribution is 6.30. The summed E-state index contributed by atoms with van der Waals surface area (Å²) < 4.78 is 37.5. The molecule has 1 heterocycles. The van der Waals surface area contributed by atoms with Crippen LogP contribution in [0.2, 0.25) is 5.15 Å². The summed E-state index contributed by atoms with van der Waals surface area (Å²) >= 11 is 5.87. The number of aromatic nitrogens is 1. The lowest BCUT2D eigenvalue weighted by Crippen LogP contribution is -2.15. The van der Waals surface area contributed by atoms with E-state index >= 15 is 0 Å². The van der Waals surface area contributed by atoms with Crippen LogP contribution in [0.5, 0.6) is 0 Å². The summed E-state index contributed by atoms with van der Waals surface area (Å²) in [6.07, 6.45) is -4.41. The van der Waals surface area contributed by atoms with Crippen molar-refractivity contribution in [1.82, 2.24) is 4.98 Å². The van der Waals surface area contributed by atoms with E-state index in [0.29, 0.717) is 5.82 Å². The SMILES string of the molecule is CN(C)c1cc(C(=O)Nc2ccc(C(F)(F)F)cc2)cc(Cl)n1. The molecule has 2 aromatic rings. The Bertz CT molecular complexity index is 715. The number of nitrogens with zero attached hydrogens (tertiary/aromatic N) is 2. The number of rotatable bonds is 3. The van der Waals surface area contributed by atoms with Gasteiger partial charge in [0.2, 0.25) is 0 Å². The minimum Gasteiger partial charge on any atom is -0.363 e. The third-order valence-corrected chi connectivity index (χ3v) is 3.16. The second kappa shape index (κ2) is 6.45. The predicted molar refractivity (Wildman–Crippen MR) is 83.0 cm³/mol. The van der Waals surface area contributed by atoms with Gasteiger partial charge in [0.25, 0.3) is 5.91 Å². The first kappa shape index (κ1) is 17.1. The van der Waals surface area contributed by atoms with Crippen molar-refractivity contribution in [1.29, 1.82) is 0 Å². The number of carbonyl (C=O) groups is 1. The topological polar surface area (TPSA) is 45.2 Å². The van der Waals surface area contributed by atoms with E-state index in [1.165, 1.54) is 24.3 Å². The predicted octanol–water partition coefficient (Wildman–Crippen LogP) is 4.07. The third-order valence-electron chi connectivity index (χ3n) is 2.97. The van der Waals surface area contributed by atoms with Crippen LogP contribution in [0.15, 0.2) is 36.4 Å². The van der Waals surface area contributed by atoms with E-state index in [4.69, 9.17) is 11.6 Å². The number of hydrogen-bond donors (Lipinski definition) is 1. The summed E-state index contributed by atoms with van der Waals surface area (Å²) in [5.74, 6) is 0.00669. The summed E-state index contributed by atoms with van der Waals surface area (Å²) in [6.45, 7) is 0. The van der Waals surface area contributed by atoms with Gasteiger partial charge in [0.05, 0.1) is 5.56 Å². The molecule has 0 atom stereocenters. The van der Waals surface area contributed by atoms with E-state index in [1.807, 2.05) is 0 Å². The number of carbonyl (C=O) groups excluding carboxylic acids is 1. The van der Waals surface area contributed by atoms with Crippen molar-refractivity contribution in [2.24, 2.45) is 0 Å². The maximum Gasteiger partial charge on any atom is 0.416 e. The minimum absolute atomic E-state index is 0.147. The number of anilines is 2. The molecule has 0 unspecified atom stereocenters. The average Bonchev–Trinajstić information content (AvgIpc) is 2.46. The molecule has 1 amide bonds. The summed E-state index contributed by atoms with van der Waals surface area (Å²) in [5, 5.41) is 2.67. The van der Waals surface area contributed by atoms with Crippen LogP contribution in [0.25, 0.3) is 0 Å². The van der Waals surface area contributed by atoms with Crippen LogP contribution in [0, 0.1) is 0 Å². The largest absolute Gasteiger partial charge is 0.416 e. The summed E-state index contributed by atoms with van der Waals surface area (Å²) in [7, 11) is 3.49. The molecule has 2 rings (SSSR count). The Morgan fingerprint density at radius 3 is 2.30 bits per heavy atom. The van der Waals surface area contributed by atoms with Crippen LogP contribution in [0.1, 0.15) is 15.9 Å². The van der Waals surface area contributed by atoms with E-state index in [-0.39, 0.29) is 16.4 Å². The summed E-state index contributed by atoms with van der Waals surface area (Å²) in [6, 6.07) is 7.10. The first-order valence-corrected chi connectivity index (χ1v) is 6.88. The standard InChI is InChI=1S/C15H13ClF3N3O/c1-22(2)13-8-9(7-12(16)21-13)14(23)20-11-5-3-10(4-6-11)15(17,18)19/h3-8H,1-2H3,(H,20,23). The average molecular weight is 344 g/mol. The number of amides is 1. The minimum atomic E-state index is -4.41. The van der Waals surface area contributed by atoms with Gasteiger partial charge in [-0.05, 0) is 36.4 Å². The third kappa shape index (κ3) is 4.35. The monoisotopic (exact) mass is 343 g/mol. The maximum absolute atomic E-state index is 12.5. The molecule has 0 spiro atoms. The molecule has 0 saturated heterocycles. The zero-order valence-electron chi connectivity index (χ0n) is 12.3. The van der Waals surface area contributed by atoms with Gasteiger partial charge in [-0.25, -0.2) is 4.98 Å². The van der Waals surface area contributed by atoms with Crippen molar-refractivity contribution in [2.75, 3.05) is 24.3 Å². The van der Waals surface area contributed by atoms with Gasteiger partial charge < -0.3 is 10.2 Å². The molecule has 23 heavy (non-hydrogen) atoms. The highest BCUT2D eigenvalue weighted by Crippen LogP contribution is 2.30. The van der Waals surface area contributed by atoms with Crippen LogP contribution < -0.4 is 10.2 Å². The number of alkyl halides is 3. The van der Waals surface area contributed by atoms with Crippen molar-refractivity contribution in [2.45, 2.75) is 6.18 Å². The second-order valence-corrected chi connectivity index (χ2v) is 5.35. The van der Waals surface area contributed by atoms with E-state index in [1.54, 1.807) is 19.0 Å². The zero-order chi connectivity index (χ0) is 17.2. The van der Waals surface area contributed by atoms with Crippen LogP contribution >= 0.6 is 11.6 Å². The summed E-state index contributed by atoms with van der Waals surface area (Å²) in [4.78, 5) is 17.9. The van der Waals surface area contributed by atoms with Crippen LogP contribution in [0.4, 0.5) is 24.7 Å². The van der Waals surface area contributed by atoms with Gasteiger partial charge in [0.15, 0.2) is 0 Å². The maximum atomic E-state index is 12.5. The number of hydrogen-bond acceptors (Lipinski definition) is 3. The van der Waals surface area contributed by atoms with Gasteiger partial charge in [0, 0.05) is 25.3 Å². The van der Waals surface area contributed by atoms with Gasteiger partial charge in [-0.3, -0.25) is 4.79 Å². The molecule has 1 aromatic carbocycles. The van der Waals surface area contributed by atoms with E-state index in [9.17, 15) is 18.0 Å². The van der Waals surface area contributed by atoms with E-state index in [2.05, 4.69) is 10.3 Å². The molecule has 0 radical (unpaired) electrons. The smallest absolute Gasteiger partial charge is 0.363 e. The molecule has 0 aliphatic heterocycles. The Labute approximate surface area is 135 Å². The molecule has 0 bridgehead atoms. The quantitative estimate of drug-likeness (QED) is 0.854. The molecule has 1 aromatic heterocycles. The molecular weight excluding hydrogens is 331 g/mol. The van der Waals surface area contributed by atoms with Crippen molar-refractivity contribution < 1.29 is 18.0 Å². The number of pyridine rings is 1. The van der Waals surface area contributed by atoms with Crippen LogP contribution in [-0.2, 0) is 6.18 Å². The Morgan fingerprint density at radius 1 is 1.17 bits per heavy atom. The van der Waals surface area contributed by atoms with Gasteiger partial charge in [-0.15, -0.1) is 0 Å². The molecule has 0 saturated carbocycles. The molecule has 0 fully saturated rings.